The van der Waals surface area contributed by atoms with Crippen molar-refractivity contribution in [3.63, 3.8) is 0 Å². The van der Waals surface area contributed by atoms with Gasteiger partial charge in [0.05, 0.1) is 0 Å². The zero-order valence-corrected chi connectivity index (χ0v) is 12.2. The molecule has 0 unspecified atom stereocenters. The van der Waals surface area contributed by atoms with Crippen LogP contribution >= 0.6 is 11.6 Å². The van der Waals surface area contributed by atoms with E-state index >= 15 is 0 Å². The van der Waals surface area contributed by atoms with Crippen LogP contribution in [0.3, 0.4) is 0 Å². The van der Waals surface area contributed by atoms with Crippen molar-refractivity contribution < 1.29 is 0 Å². The Labute approximate surface area is 126 Å². The fourth-order valence-electron chi connectivity index (χ4n) is 1.82. The maximum absolute atomic E-state index is 5.94. The van der Waals surface area contributed by atoms with Crippen molar-refractivity contribution in [3.8, 4) is 5.95 Å². The second kappa shape index (κ2) is 5.45. The quantitative estimate of drug-likeness (QED) is 0.800. The zero-order valence-electron chi connectivity index (χ0n) is 11.4. The molecule has 3 rings (SSSR count). The number of hydrogen-bond donors (Lipinski definition) is 1. The fourth-order valence-corrected chi connectivity index (χ4v) is 1.97. The van der Waals surface area contributed by atoms with Crippen LogP contribution in [0.15, 0.2) is 30.9 Å². The van der Waals surface area contributed by atoms with Crippen LogP contribution in [0.4, 0.5) is 11.6 Å². The van der Waals surface area contributed by atoms with Crippen LogP contribution in [-0.4, -0.2) is 29.7 Å². The molecule has 2 aromatic heterocycles. The number of aromatic nitrogens is 6. The molecule has 0 saturated carbocycles. The Bertz CT molecular complexity index is 770. The molecule has 8 heteroatoms. The van der Waals surface area contributed by atoms with E-state index in [1.807, 2.05) is 32.0 Å². The van der Waals surface area contributed by atoms with Gasteiger partial charge in [-0.25, -0.2) is 4.98 Å². The molecule has 0 amide bonds. The van der Waals surface area contributed by atoms with E-state index in [-0.39, 0.29) is 5.28 Å². The summed E-state index contributed by atoms with van der Waals surface area (Å²) in [4.78, 5) is 16.2. The zero-order chi connectivity index (χ0) is 14.8. The van der Waals surface area contributed by atoms with Gasteiger partial charge in [-0.1, -0.05) is 12.1 Å². The predicted molar refractivity (Wildman–Crippen MR) is 79.0 cm³/mol. The summed E-state index contributed by atoms with van der Waals surface area (Å²) in [6, 6.07) is 5.96. The predicted octanol–water partition coefficient (Wildman–Crippen LogP) is 2.47. The minimum atomic E-state index is 0.0864. The first kappa shape index (κ1) is 13.4. The number of nitrogens with zero attached hydrogens (tertiary/aromatic N) is 6. The molecule has 1 aromatic carbocycles. The summed E-state index contributed by atoms with van der Waals surface area (Å²) >= 11 is 5.94. The van der Waals surface area contributed by atoms with E-state index in [9.17, 15) is 0 Å². The summed E-state index contributed by atoms with van der Waals surface area (Å²) < 4.78 is 1.42. The van der Waals surface area contributed by atoms with E-state index in [1.54, 1.807) is 0 Å². The lowest BCUT2D eigenvalue weighted by atomic mass is 10.1. The summed E-state index contributed by atoms with van der Waals surface area (Å²) in [6.45, 7) is 4.07. The summed E-state index contributed by atoms with van der Waals surface area (Å²) in [7, 11) is 0. The fraction of sp³-hybridized carbons (Fsp3) is 0.154. The van der Waals surface area contributed by atoms with Crippen molar-refractivity contribution in [3.05, 3.63) is 47.3 Å². The smallest absolute Gasteiger partial charge is 0.258 e. The molecule has 0 radical (unpaired) electrons. The van der Waals surface area contributed by atoms with Crippen LogP contribution in [0.2, 0.25) is 5.28 Å². The van der Waals surface area contributed by atoms with Crippen LogP contribution in [0.25, 0.3) is 5.95 Å². The first-order valence-electron chi connectivity index (χ1n) is 6.23. The van der Waals surface area contributed by atoms with Crippen molar-refractivity contribution in [2.75, 3.05) is 5.32 Å². The normalized spacial score (nSPS) is 10.6. The average Bonchev–Trinajstić information content (AvgIpc) is 2.97. The van der Waals surface area contributed by atoms with Crippen LogP contribution in [-0.2, 0) is 0 Å². The Hall–Kier alpha value is -2.54. The van der Waals surface area contributed by atoms with Gasteiger partial charge in [-0.05, 0) is 42.6 Å². The SMILES string of the molecule is Cc1cccc(Nc2nc(Cl)nc(-n3cncn3)n2)c1C. The molecule has 2 heterocycles. The van der Waals surface area contributed by atoms with E-state index < -0.39 is 0 Å². The number of anilines is 2. The lowest BCUT2D eigenvalue weighted by Crippen LogP contribution is -2.07. The third kappa shape index (κ3) is 2.82. The van der Waals surface area contributed by atoms with Gasteiger partial charge in [-0.2, -0.15) is 24.7 Å². The molecule has 1 N–H and O–H groups in total. The third-order valence-corrected chi connectivity index (χ3v) is 3.24. The van der Waals surface area contributed by atoms with E-state index in [0.717, 1.165) is 11.3 Å². The van der Waals surface area contributed by atoms with Gasteiger partial charge in [0, 0.05) is 5.69 Å². The molecule has 0 fully saturated rings. The van der Waals surface area contributed by atoms with E-state index in [4.69, 9.17) is 11.6 Å². The molecule has 0 bridgehead atoms. The van der Waals surface area contributed by atoms with Gasteiger partial charge < -0.3 is 5.32 Å². The molecule has 0 saturated heterocycles. The summed E-state index contributed by atoms with van der Waals surface area (Å²) in [6.07, 6.45) is 2.89. The molecular formula is C13H12ClN7. The van der Waals surface area contributed by atoms with E-state index in [1.165, 1.54) is 22.9 Å². The van der Waals surface area contributed by atoms with Crippen LogP contribution in [0, 0.1) is 13.8 Å². The molecule has 7 nitrogen and oxygen atoms in total. The van der Waals surface area contributed by atoms with E-state index in [2.05, 4.69) is 30.4 Å². The Morgan fingerprint density at radius 3 is 2.76 bits per heavy atom. The van der Waals surface area contributed by atoms with Gasteiger partial charge in [0.1, 0.15) is 12.7 Å². The van der Waals surface area contributed by atoms with Crippen molar-refractivity contribution in [2.45, 2.75) is 13.8 Å². The molecule has 0 atom stereocenters. The number of nitrogens with one attached hydrogen (secondary N) is 1. The van der Waals surface area contributed by atoms with Crippen LogP contribution in [0.5, 0.6) is 0 Å². The van der Waals surface area contributed by atoms with Gasteiger partial charge >= 0.3 is 0 Å². The standard InChI is InChI=1S/C13H12ClN7/c1-8-4-3-5-10(9(8)2)17-12-18-11(14)19-13(20-12)21-7-15-6-16-21/h3-7H,1-2H3,(H,17,18,19,20). The second-order valence-electron chi connectivity index (χ2n) is 4.44. The molecular weight excluding hydrogens is 290 g/mol. The second-order valence-corrected chi connectivity index (χ2v) is 4.78. The summed E-state index contributed by atoms with van der Waals surface area (Å²) in [5.41, 5.74) is 3.22. The van der Waals surface area contributed by atoms with E-state index in [0.29, 0.717) is 11.9 Å². The molecule has 0 spiro atoms. The number of halogens is 1. The highest BCUT2D eigenvalue weighted by Crippen LogP contribution is 2.21. The Kier molecular flexibility index (Phi) is 3.49. The molecule has 3 aromatic rings. The number of hydrogen-bond acceptors (Lipinski definition) is 6. The van der Waals surface area contributed by atoms with Gasteiger partial charge in [-0.15, -0.1) is 0 Å². The minimum absolute atomic E-state index is 0.0864. The monoisotopic (exact) mass is 301 g/mol. The summed E-state index contributed by atoms with van der Waals surface area (Å²) in [5.74, 6) is 0.662. The van der Waals surface area contributed by atoms with Crippen molar-refractivity contribution in [1.29, 1.82) is 0 Å². The first-order chi connectivity index (χ1) is 10.1. The lowest BCUT2D eigenvalue weighted by molar-refractivity contribution is 0.796. The number of aryl methyl sites for hydroxylation is 1. The molecule has 0 aliphatic rings. The van der Waals surface area contributed by atoms with Crippen LogP contribution < -0.4 is 5.32 Å². The van der Waals surface area contributed by atoms with Gasteiger partial charge in [0.2, 0.25) is 11.2 Å². The minimum Gasteiger partial charge on any atom is -0.324 e. The largest absolute Gasteiger partial charge is 0.324 e. The van der Waals surface area contributed by atoms with Crippen molar-refractivity contribution in [2.24, 2.45) is 0 Å². The number of rotatable bonds is 3. The molecule has 0 aliphatic heterocycles. The van der Waals surface area contributed by atoms with Crippen LogP contribution in [0.1, 0.15) is 11.1 Å². The Morgan fingerprint density at radius 1 is 1.14 bits per heavy atom. The Morgan fingerprint density at radius 2 is 2.00 bits per heavy atom. The van der Waals surface area contributed by atoms with Gasteiger partial charge in [-0.3, -0.25) is 0 Å². The van der Waals surface area contributed by atoms with Crippen molar-refractivity contribution in [1.82, 2.24) is 29.7 Å². The first-order valence-corrected chi connectivity index (χ1v) is 6.61. The topological polar surface area (TPSA) is 81.4 Å². The lowest BCUT2D eigenvalue weighted by Gasteiger charge is -2.10. The molecule has 106 valence electrons. The maximum atomic E-state index is 5.94. The molecule has 0 aliphatic carbocycles. The molecule has 21 heavy (non-hydrogen) atoms. The number of benzene rings is 1. The highest BCUT2D eigenvalue weighted by molar-refractivity contribution is 6.28. The highest BCUT2D eigenvalue weighted by Gasteiger charge is 2.09. The van der Waals surface area contributed by atoms with Gasteiger partial charge in [0.15, 0.2) is 0 Å². The summed E-state index contributed by atoms with van der Waals surface area (Å²) in [5, 5.41) is 7.21. The Balaban J connectivity index is 1.98. The maximum Gasteiger partial charge on any atom is 0.258 e. The third-order valence-electron chi connectivity index (χ3n) is 3.07. The average molecular weight is 302 g/mol. The van der Waals surface area contributed by atoms with Gasteiger partial charge in [0.25, 0.3) is 5.95 Å². The highest BCUT2D eigenvalue weighted by atomic mass is 35.5. The van der Waals surface area contributed by atoms with Crippen molar-refractivity contribution >= 4 is 23.2 Å².